The molecule has 2 aliphatic heterocycles. The third kappa shape index (κ3) is 1.43. The number of thioether (sulfide) groups is 1. The Hall–Kier alpha value is -1.61. The molecule has 1 saturated carbocycles. The van der Waals surface area contributed by atoms with Crippen molar-refractivity contribution >= 4 is 33.5 Å². The predicted octanol–water partition coefficient (Wildman–Crippen LogP) is 0.574. The Balaban J connectivity index is 1.93. The third-order valence-electron chi connectivity index (χ3n) is 4.97. The molecule has 2 fully saturated rings. The molecule has 2 heterocycles. The SMILES string of the molecule is N#C[C@@]12[C@H](c3ccc(F)c(Br)c3)[C@]1(C#N)C(N)=[NH+][C@@]21OCCS1. The Kier molecular flexibility index (Phi) is 2.91. The first-order valence-corrected chi connectivity index (χ1v) is 8.73. The highest BCUT2D eigenvalue weighted by Crippen LogP contribution is 2.80. The third-order valence-corrected chi connectivity index (χ3v) is 6.90. The summed E-state index contributed by atoms with van der Waals surface area (Å²) in [6, 6.07) is 9.08. The van der Waals surface area contributed by atoms with Crippen LogP contribution in [0.4, 0.5) is 4.39 Å². The van der Waals surface area contributed by atoms with Gasteiger partial charge in [0.15, 0.2) is 10.8 Å². The fourth-order valence-corrected chi connectivity index (χ4v) is 5.76. The van der Waals surface area contributed by atoms with E-state index in [0.717, 1.165) is 0 Å². The smallest absolute Gasteiger partial charge is 0.277 e. The molecule has 8 heteroatoms. The first-order valence-electron chi connectivity index (χ1n) is 6.95. The summed E-state index contributed by atoms with van der Waals surface area (Å²) in [7, 11) is 0. The molecule has 0 bridgehead atoms. The molecule has 4 atom stereocenters. The number of nitrogens with zero attached hydrogens (tertiary/aromatic N) is 2. The summed E-state index contributed by atoms with van der Waals surface area (Å²) in [6.45, 7) is 0.482. The number of benzene rings is 1. The van der Waals surface area contributed by atoms with Gasteiger partial charge in [-0.1, -0.05) is 17.8 Å². The van der Waals surface area contributed by atoms with Crippen molar-refractivity contribution in [3.8, 4) is 12.1 Å². The maximum Gasteiger partial charge on any atom is 0.277 e. The summed E-state index contributed by atoms with van der Waals surface area (Å²) in [5.41, 5.74) is 4.53. The van der Waals surface area contributed by atoms with Crippen molar-refractivity contribution in [2.45, 2.75) is 11.0 Å². The monoisotopic (exact) mass is 393 g/mol. The van der Waals surface area contributed by atoms with Crippen LogP contribution >= 0.6 is 27.7 Å². The highest BCUT2D eigenvalue weighted by Gasteiger charge is 2.96. The van der Waals surface area contributed by atoms with Crippen LogP contribution < -0.4 is 10.7 Å². The van der Waals surface area contributed by atoms with E-state index in [1.54, 1.807) is 12.1 Å². The van der Waals surface area contributed by atoms with Crippen molar-refractivity contribution < 1.29 is 14.1 Å². The van der Waals surface area contributed by atoms with Crippen molar-refractivity contribution in [3.63, 3.8) is 0 Å². The summed E-state index contributed by atoms with van der Waals surface area (Å²) in [4.78, 5) is 3.04. The zero-order valence-corrected chi connectivity index (χ0v) is 14.2. The fraction of sp³-hybridized carbons (Fsp3) is 0.400. The van der Waals surface area contributed by atoms with E-state index in [0.29, 0.717) is 22.4 Å². The van der Waals surface area contributed by atoms with Crippen LogP contribution in [-0.2, 0) is 4.74 Å². The maximum absolute atomic E-state index is 13.6. The van der Waals surface area contributed by atoms with Gasteiger partial charge in [-0.05, 0) is 33.6 Å². The van der Waals surface area contributed by atoms with Gasteiger partial charge in [0.25, 0.3) is 10.9 Å². The molecule has 0 aromatic heterocycles. The summed E-state index contributed by atoms with van der Waals surface area (Å²) in [6.07, 6.45) is 0. The lowest BCUT2D eigenvalue weighted by Crippen LogP contribution is -2.88. The molecule has 1 spiro atoms. The van der Waals surface area contributed by atoms with E-state index < -0.39 is 27.6 Å². The van der Waals surface area contributed by atoms with Crippen molar-refractivity contribution in [1.82, 2.24) is 0 Å². The minimum atomic E-state index is -1.17. The Morgan fingerprint density at radius 1 is 1.43 bits per heavy atom. The van der Waals surface area contributed by atoms with Crippen LogP contribution in [0.5, 0.6) is 0 Å². The summed E-state index contributed by atoms with van der Waals surface area (Å²) in [5.74, 6) is 0.105. The molecule has 23 heavy (non-hydrogen) atoms. The van der Waals surface area contributed by atoms with Crippen LogP contribution in [0.1, 0.15) is 11.5 Å². The summed E-state index contributed by atoms with van der Waals surface area (Å²) < 4.78 is 19.7. The molecule has 5 nitrogen and oxygen atoms in total. The highest BCUT2D eigenvalue weighted by molar-refractivity contribution is 9.10. The van der Waals surface area contributed by atoms with Crippen LogP contribution in [-0.4, -0.2) is 23.3 Å². The average Bonchev–Trinajstić information content (AvgIpc) is 2.79. The number of nitrogens with two attached hydrogens (primary N) is 1. The van der Waals surface area contributed by atoms with Gasteiger partial charge < -0.3 is 4.74 Å². The lowest BCUT2D eigenvalue weighted by molar-refractivity contribution is -0.583. The highest BCUT2D eigenvalue weighted by atomic mass is 79.9. The van der Waals surface area contributed by atoms with Gasteiger partial charge in [0.05, 0.1) is 23.2 Å². The summed E-state index contributed by atoms with van der Waals surface area (Å²) in [5, 5.41) is 18.8. The second kappa shape index (κ2) is 4.47. The van der Waals surface area contributed by atoms with Gasteiger partial charge >= 0.3 is 0 Å². The molecule has 1 aromatic rings. The molecule has 1 aromatic carbocycles. The Labute approximate surface area is 144 Å². The van der Waals surface area contributed by atoms with Gasteiger partial charge in [0.2, 0.25) is 0 Å². The Bertz CT molecular complexity index is 841. The minimum absolute atomic E-state index is 0.251. The number of hydrogen-bond donors (Lipinski definition) is 2. The van der Waals surface area contributed by atoms with E-state index >= 15 is 0 Å². The number of ether oxygens (including phenoxy) is 1. The number of hydrogen-bond acceptors (Lipinski definition) is 5. The second-order valence-electron chi connectivity index (χ2n) is 5.80. The molecule has 3 aliphatic rings. The zero-order chi connectivity index (χ0) is 16.5. The number of nitriles is 2. The topological polar surface area (TPSA) is 96.8 Å². The van der Waals surface area contributed by atoms with Gasteiger partial charge in [-0.25, -0.2) is 9.38 Å². The van der Waals surface area contributed by atoms with E-state index in [4.69, 9.17) is 10.5 Å². The van der Waals surface area contributed by atoms with Crippen LogP contribution in [0.2, 0.25) is 0 Å². The normalized spacial score (nSPS) is 40.3. The van der Waals surface area contributed by atoms with Crippen LogP contribution in [0.15, 0.2) is 22.7 Å². The van der Waals surface area contributed by atoms with E-state index in [1.165, 1.54) is 17.8 Å². The molecule has 3 N–H and O–H groups in total. The lowest BCUT2D eigenvalue weighted by Gasteiger charge is -2.23. The second-order valence-corrected chi connectivity index (χ2v) is 7.92. The summed E-state index contributed by atoms with van der Waals surface area (Å²) >= 11 is 4.62. The number of amidine groups is 1. The molecule has 1 saturated heterocycles. The molecule has 0 amide bonds. The fourth-order valence-electron chi connectivity index (χ4n) is 4.01. The molecular weight excluding hydrogens is 383 g/mol. The van der Waals surface area contributed by atoms with Gasteiger partial charge in [0.1, 0.15) is 5.82 Å². The first kappa shape index (κ1) is 14.9. The number of halogens is 2. The predicted molar refractivity (Wildman–Crippen MR) is 84.2 cm³/mol. The van der Waals surface area contributed by atoms with Crippen molar-refractivity contribution in [2.75, 3.05) is 12.4 Å². The van der Waals surface area contributed by atoms with E-state index in [-0.39, 0.29) is 5.84 Å². The molecule has 0 unspecified atom stereocenters. The largest absolute Gasteiger partial charge is 0.327 e. The van der Waals surface area contributed by atoms with Gasteiger partial charge in [-0.15, -0.1) is 0 Å². The average molecular weight is 394 g/mol. The Morgan fingerprint density at radius 3 is 2.78 bits per heavy atom. The standard InChI is InChI=1S/C15H10BrFN4OS/c16-9-5-8(1-2-10(9)17)11-13(6-18)12(20)21-15(14(11,13)7-19)22-3-4-23-15/h1-2,5,11H,3-4H2,(H2,20,21)/p+1/t11-,13-,14-,15-/m1/s1. The number of nitrogens with one attached hydrogen (secondary N) is 1. The maximum atomic E-state index is 13.6. The molecular formula is C15H11BrFN4OS+. The molecule has 0 radical (unpaired) electrons. The zero-order valence-electron chi connectivity index (χ0n) is 11.8. The van der Waals surface area contributed by atoms with Crippen molar-refractivity contribution in [1.29, 1.82) is 10.5 Å². The van der Waals surface area contributed by atoms with Crippen LogP contribution in [0, 0.1) is 39.3 Å². The van der Waals surface area contributed by atoms with Gasteiger partial charge in [-0.3, -0.25) is 5.73 Å². The molecule has 116 valence electrons. The minimum Gasteiger partial charge on any atom is -0.327 e. The molecule has 1 aliphatic carbocycles. The van der Waals surface area contributed by atoms with Crippen molar-refractivity contribution in [2.24, 2.45) is 16.6 Å². The van der Waals surface area contributed by atoms with E-state index in [1.807, 2.05) is 0 Å². The van der Waals surface area contributed by atoms with Crippen LogP contribution in [0.3, 0.4) is 0 Å². The van der Waals surface area contributed by atoms with Crippen LogP contribution in [0.25, 0.3) is 0 Å². The van der Waals surface area contributed by atoms with E-state index in [9.17, 15) is 14.9 Å². The van der Waals surface area contributed by atoms with Gasteiger partial charge in [0, 0.05) is 11.7 Å². The molecule has 4 rings (SSSR count). The quantitative estimate of drug-likeness (QED) is 0.726. The number of rotatable bonds is 1. The van der Waals surface area contributed by atoms with Gasteiger partial charge in [-0.2, -0.15) is 10.5 Å². The van der Waals surface area contributed by atoms with E-state index in [2.05, 4.69) is 33.1 Å². The van der Waals surface area contributed by atoms with Crippen molar-refractivity contribution in [3.05, 3.63) is 34.1 Å². The Morgan fingerprint density at radius 2 is 2.22 bits per heavy atom. The lowest BCUT2D eigenvalue weighted by atomic mass is 9.95. The number of fused-ring (bicyclic) bond motifs is 2. The first-order chi connectivity index (χ1) is 11.0.